The summed E-state index contributed by atoms with van der Waals surface area (Å²) in [7, 11) is 0. The number of aromatic nitrogens is 4. The lowest BCUT2D eigenvalue weighted by Crippen LogP contribution is -2.16. The molecule has 2 heterocycles. The van der Waals surface area contributed by atoms with Crippen LogP contribution in [0.2, 0.25) is 0 Å². The number of nitrogens with one attached hydrogen (secondary N) is 1. The van der Waals surface area contributed by atoms with E-state index in [1.807, 2.05) is 36.4 Å². The Morgan fingerprint density at radius 3 is 2.50 bits per heavy atom. The van der Waals surface area contributed by atoms with E-state index >= 15 is 0 Å². The topological polar surface area (TPSA) is 63.6 Å². The van der Waals surface area contributed by atoms with E-state index in [9.17, 15) is 4.79 Å². The molecule has 1 N–H and O–H groups in total. The van der Waals surface area contributed by atoms with Crippen LogP contribution in [0.15, 0.2) is 59.5 Å². The zero-order valence-corrected chi connectivity index (χ0v) is 9.45. The molecule has 0 unspecified atom stereocenters. The van der Waals surface area contributed by atoms with Crippen LogP contribution in [-0.4, -0.2) is 19.7 Å². The highest BCUT2D eigenvalue weighted by atomic mass is 16.2. The Balaban J connectivity index is 2.10. The van der Waals surface area contributed by atoms with Gasteiger partial charge in [0.25, 0.3) is 0 Å². The molecule has 0 saturated carbocycles. The molecule has 0 aliphatic heterocycles. The Morgan fingerprint density at radius 1 is 1.00 bits per heavy atom. The second kappa shape index (κ2) is 4.29. The Morgan fingerprint density at radius 2 is 1.78 bits per heavy atom. The van der Waals surface area contributed by atoms with Crippen LogP contribution in [-0.2, 0) is 0 Å². The molecule has 3 aromatic rings. The van der Waals surface area contributed by atoms with Crippen molar-refractivity contribution in [3.05, 3.63) is 65.2 Å². The molecule has 0 amide bonds. The second-order valence-electron chi connectivity index (χ2n) is 3.74. The average molecular weight is 238 g/mol. The fourth-order valence-corrected chi connectivity index (χ4v) is 1.68. The summed E-state index contributed by atoms with van der Waals surface area (Å²) < 4.78 is 1.25. The zero-order valence-electron chi connectivity index (χ0n) is 9.45. The summed E-state index contributed by atoms with van der Waals surface area (Å²) in [5, 5.41) is 4.24. The average Bonchev–Trinajstić information content (AvgIpc) is 2.83. The quantitative estimate of drug-likeness (QED) is 0.738. The molecule has 3 rings (SSSR count). The molecule has 0 saturated heterocycles. The number of benzene rings is 1. The van der Waals surface area contributed by atoms with E-state index in [2.05, 4.69) is 15.1 Å². The van der Waals surface area contributed by atoms with E-state index in [0.717, 1.165) is 5.56 Å². The number of nitrogens with zero attached hydrogens (tertiary/aromatic N) is 3. The van der Waals surface area contributed by atoms with Gasteiger partial charge >= 0.3 is 5.69 Å². The Kier molecular flexibility index (Phi) is 2.49. The number of pyridine rings is 1. The van der Waals surface area contributed by atoms with Gasteiger partial charge in [-0.3, -0.25) is 4.98 Å². The highest BCUT2D eigenvalue weighted by Gasteiger charge is 2.08. The number of rotatable bonds is 2. The second-order valence-corrected chi connectivity index (χ2v) is 3.74. The minimum atomic E-state index is -0.299. The van der Waals surface area contributed by atoms with Crippen molar-refractivity contribution >= 4 is 0 Å². The number of hydrogen-bond donors (Lipinski definition) is 1. The van der Waals surface area contributed by atoms with Crippen molar-refractivity contribution < 1.29 is 0 Å². The first-order chi connectivity index (χ1) is 8.84. The van der Waals surface area contributed by atoms with Gasteiger partial charge in [-0.25, -0.2) is 9.78 Å². The van der Waals surface area contributed by atoms with E-state index in [1.165, 1.54) is 4.68 Å². The van der Waals surface area contributed by atoms with Crippen LogP contribution in [0, 0.1) is 0 Å². The summed E-state index contributed by atoms with van der Waals surface area (Å²) in [6.07, 6.45) is 1.62. The molecule has 0 atom stereocenters. The van der Waals surface area contributed by atoms with Gasteiger partial charge in [0.2, 0.25) is 0 Å². The fourth-order valence-electron chi connectivity index (χ4n) is 1.68. The van der Waals surface area contributed by atoms with Crippen LogP contribution in [0.25, 0.3) is 17.2 Å². The molecule has 0 bridgehead atoms. The van der Waals surface area contributed by atoms with Gasteiger partial charge in [0, 0.05) is 11.8 Å². The van der Waals surface area contributed by atoms with E-state index < -0.39 is 0 Å². The van der Waals surface area contributed by atoms with Gasteiger partial charge in [-0.1, -0.05) is 36.4 Å². The minimum absolute atomic E-state index is 0.299. The summed E-state index contributed by atoms with van der Waals surface area (Å²) >= 11 is 0. The maximum absolute atomic E-state index is 11.8. The molecule has 5 nitrogen and oxygen atoms in total. The first-order valence-corrected chi connectivity index (χ1v) is 5.51. The van der Waals surface area contributed by atoms with Gasteiger partial charge in [-0.15, -0.1) is 5.10 Å². The molecule has 0 fully saturated rings. The molecule has 0 aliphatic carbocycles. The summed E-state index contributed by atoms with van der Waals surface area (Å²) in [5.74, 6) is 1.03. The van der Waals surface area contributed by atoms with E-state index in [4.69, 9.17) is 0 Å². The molecule has 2 aromatic heterocycles. The van der Waals surface area contributed by atoms with Crippen molar-refractivity contribution in [1.29, 1.82) is 0 Å². The first-order valence-electron chi connectivity index (χ1n) is 5.51. The molecular formula is C13H10N4O. The van der Waals surface area contributed by atoms with Crippen LogP contribution >= 0.6 is 0 Å². The molecule has 0 spiro atoms. The van der Waals surface area contributed by atoms with Crippen molar-refractivity contribution in [2.45, 2.75) is 0 Å². The summed E-state index contributed by atoms with van der Waals surface area (Å²) in [4.78, 5) is 18.6. The third-order valence-corrected chi connectivity index (χ3v) is 2.53. The van der Waals surface area contributed by atoms with Crippen LogP contribution in [0.5, 0.6) is 0 Å². The highest BCUT2D eigenvalue weighted by Crippen LogP contribution is 2.12. The molecule has 0 aliphatic rings. The third-order valence-electron chi connectivity index (χ3n) is 2.53. The van der Waals surface area contributed by atoms with Crippen LogP contribution in [0.1, 0.15) is 0 Å². The van der Waals surface area contributed by atoms with Gasteiger partial charge in [0.15, 0.2) is 11.6 Å². The van der Waals surface area contributed by atoms with Gasteiger partial charge in [0.1, 0.15) is 0 Å². The normalized spacial score (nSPS) is 10.4. The van der Waals surface area contributed by atoms with Gasteiger partial charge < -0.3 is 0 Å². The van der Waals surface area contributed by atoms with Crippen molar-refractivity contribution in [3.8, 4) is 17.2 Å². The molecule has 1 aromatic carbocycles. The number of H-pyrrole nitrogens is 1. The van der Waals surface area contributed by atoms with E-state index in [0.29, 0.717) is 11.6 Å². The molecular weight excluding hydrogens is 228 g/mol. The third kappa shape index (κ3) is 1.82. The highest BCUT2D eigenvalue weighted by molar-refractivity contribution is 5.53. The zero-order chi connectivity index (χ0) is 12.4. The fraction of sp³-hybridized carbons (Fsp3) is 0. The Labute approximate surface area is 103 Å². The predicted octanol–water partition coefficient (Wildman–Crippen LogP) is 1.62. The van der Waals surface area contributed by atoms with Crippen molar-refractivity contribution in [2.75, 3.05) is 0 Å². The van der Waals surface area contributed by atoms with Crippen LogP contribution in [0.3, 0.4) is 0 Å². The lowest BCUT2D eigenvalue weighted by Gasteiger charge is -1.96. The predicted molar refractivity (Wildman–Crippen MR) is 67.4 cm³/mol. The minimum Gasteiger partial charge on any atom is -0.288 e. The van der Waals surface area contributed by atoms with Gasteiger partial charge in [-0.2, -0.15) is 4.68 Å². The summed E-state index contributed by atoms with van der Waals surface area (Å²) in [6, 6.07) is 14.8. The molecule has 0 radical (unpaired) electrons. The van der Waals surface area contributed by atoms with Gasteiger partial charge in [-0.05, 0) is 12.1 Å². The van der Waals surface area contributed by atoms with Crippen molar-refractivity contribution in [2.24, 2.45) is 0 Å². The number of hydrogen-bond acceptors (Lipinski definition) is 3. The lowest BCUT2D eigenvalue weighted by atomic mass is 10.2. The van der Waals surface area contributed by atoms with Crippen LogP contribution in [0.4, 0.5) is 0 Å². The lowest BCUT2D eigenvalue weighted by molar-refractivity contribution is 0.815. The maximum Gasteiger partial charge on any atom is 0.349 e. The maximum atomic E-state index is 11.8. The molecule has 88 valence electrons. The SMILES string of the molecule is O=c1[nH]c(-c2ccccc2)nn1-c1ccccn1. The largest absolute Gasteiger partial charge is 0.349 e. The Bertz CT molecular complexity index is 701. The smallest absolute Gasteiger partial charge is 0.288 e. The van der Waals surface area contributed by atoms with Crippen LogP contribution < -0.4 is 5.69 Å². The standard InChI is InChI=1S/C13H10N4O/c18-13-15-12(10-6-2-1-3-7-10)16-17(13)11-8-4-5-9-14-11/h1-9H,(H,15,16,18). The van der Waals surface area contributed by atoms with E-state index in [-0.39, 0.29) is 5.69 Å². The monoisotopic (exact) mass is 238 g/mol. The molecule has 18 heavy (non-hydrogen) atoms. The summed E-state index contributed by atoms with van der Waals surface area (Å²) in [5.41, 5.74) is 0.567. The Hall–Kier alpha value is -2.69. The summed E-state index contributed by atoms with van der Waals surface area (Å²) in [6.45, 7) is 0. The van der Waals surface area contributed by atoms with Crippen molar-refractivity contribution in [3.63, 3.8) is 0 Å². The van der Waals surface area contributed by atoms with Gasteiger partial charge in [0.05, 0.1) is 0 Å². The van der Waals surface area contributed by atoms with Crippen molar-refractivity contribution in [1.82, 2.24) is 19.7 Å². The molecule has 5 heteroatoms. The van der Waals surface area contributed by atoms with E-state index in [1.54, 1.807) is 18.3 Å². The number of aromatic amines is 1. The first kappa shape index (κ1) is 10.5.